The molecule has 1 fully saturated rings. The number of furan rings is 1. The van der Waals surface area contributed by atoms with Gasteiger partial charge in [-0.05, 0) is 69.0 Å². The Morgan fingerprint density at radius 3 is 2.38 bits per heavy atom. The van der Waals surface area contributed by atoms with Crippen LogP contribution < -0.4 is 0 Å². The Kier molecular flexibility index (Phi) is 7.41. The molecule has 2 aromatic carbocycles. The van der Waals surface area contributed by atoms with Crippen molar-refractivity contribution < 1.29 is 22.4 Å². The number of likely N-dealkylation sites (N-methyl/N-ethyl adjacent to an activating group) is 1. The Bertz CT molecular complexity index is 1140. The lowest BCUT2D eigenvalue weighted by molar-refractivity contribution is 0.0580. The quantitative estimate of drug-likeness (QED) is 0.451. The van der Waals surface area contributed by atoms with Crippen molar-refractivity contribution in [1.82, 2.24) is 9.80 Å². The summed E-state index contributed by atoms with van der Waals surface area (Å²) in [6, 6.07) is 12.3. The Labute approximate surface area is 198 Å². The molecule has 1 atom stereocenters. The van der Waals surface area contributed by atoms with Crippen molar-refractivity contribution in [1.29, 1.82) is 0 Å². The molecule has 0 saturated carbocycles. The van der Waals surface area contributed by atoms with Crippen LogP contribution in [0, 0.1) is 30.3 Å². The van der Waals surface area contributed by atoms with Crippen molar-refractivity contribution >= 4 is 5.91 Å². The van der Waals surface area contributed by atoms with Crippen LogP contribution in [0.1, 0.15) is 40.1 Å². The minimum Gasteiger partial charge on any atom is -0.469 e. The van der Waals surface area contributed by atoms with E-state index in [0.29, 0.717) is 48.5 Å². The Balaban J connectivity index is 1.50. The first-order valence-electron chi connectivity index (χ1n) is 11.5. The number of amides is 1. The van der Waals surface area contributed by atoms with Gasteiger partial charge in [-0.3, -0.25) is 9.69 Å². The van der Waals surface area contributed by atoms with Crippen molar-refractivity contribution in [2.24, 2.45) is 5.92 Å². The topological polar surface area (TPSA) is 36.7 Å². The molecule has 0 radical (unpaired) electrons. The van der Waals surface area contributed by atoms with Gasteiger partial charge in [-0.15, -0.1) is 0 Å². The fraction of sp³-hybridized carbons (Fsp3) is 0.370. The lowest BCUT2D eigenvalue weighted by Crippen LogP contribution is -2.47. The highest BCUT2D eigenvalue weighted by molar-refractivity contribution is 5.95. The number of carbonyl (C=O) groups excluding carboxylic acids is 1. The molecule has 0 aliphatic carbocycles. The molecule has 0 bridgehead atoms. The number of benzene rings is 2. The van der Waals surface area contributed by atoms with Crippen molar-refractivity contribution in [2.75, 3.05) is 20.1 Å². The zero-order valence-corrected chi connectivity index (χ0v) is 19.4. The van der Waals surface area contributed by atoms with Crippen molar-refractivity contribution in [3.63, 3.8) is 0 Å². The molecule has 7 heteroatoms. The molecule has 1 unspecified atom stereocenters. The second-order valence-corrected chi connectivity index (χ2v) is 9.00. The highest BCUT2D eigenvalue weighted by Crippen LogP contribution is 2.29. The first-order valence-corrected chi connectivity index (χ1v) is 11.5. The van der Waals surface area contributed by atoms with E-state index in [4.69, 9.17) is 4.42 Å². The van der Waals surface area contributed by atoms with Crippen LogP contribution in [0.3, 0.4) is 0 Å². The largest absolute Gasteiger partial charge is 0.469 e. The Morgan fingerprint density at radius 2 is 1.71 bits per heavy atom. The van der Waals surface area contributed by atoms with E-state index < -0.39 is 11.6 Å². The van der Waals surface area contributed by atoms with Gasteiger partial charge in [0.2, 0.25) is 0 Å². The summed E-state index contributed by atoms with van der Waals surface area (Å²) in [5.41, 5.74) is 1.41. The number of rotatable bonds is 7. The van der Waals surface area contributed by atoms with Gasteiger partial charge in [0.25, 0.3) is 5.91 Å². The molecular weight excluding hydrogens is 441 g/mol. The first kappa shape index (κ1) is 24.1. The van der Waals surface area contributed by atoms with Crippen LogP contribution in [0.4, 0.5) is 13.2 Å². The molecule has 1 aliphatic heterocycles. The third kappa shape index (κ3) is 5.20. The summed E-state index contributed by atoms with van der Waals surface area (Å²) in [4.78, 5) is 17.0. The average Bonchev–Trinajstić information content (AvgIpc) is 3.27. The SMILES string of the molecule is Cc1occc1C(=O)N(C)C(Cc1ccccc1F)C1CCN(Cc2cccc(F)c2F)CC1. The van der Waals surface area contributed by atoms with E-state index in [1.165, 1.54) is 18.4 Å². The number of hydrogen-bond donors (Lipinski definition) is 0. The van der Waals surface area contributed by atoms with E-state index in [2.05, 4.69) is 4.90 Å². The molecule has 1 aliphatic rings. The maximum Gasteiger partial charge on any atom is 0.257 e. The molecule has 0 N–H and O–H groups in total. The summed E-state index contributed by atoms with van der Waals surface area (Å²) >= 11 is 0. The lowest BCUT2D eigenvalue weighted by atomic mass is 9.84. The summed E-state index contributed by atoms with van der Waals surface area (Å²) in [6.07, 6.45) is 3.41. The maximum absolute atomic E-state index is 14.5. The molecule has 3 aromatic rings. The van der Waals surface area contributed by atoms with Crippen LogP contribution in [0.2, 0.25) is 0 Å². The second-order valence-electron chi connectivity index (χ2n) is 9.00. The lowest BCUT2D eigenvalue weighted by Gasteiger charge is -2.40. The zero-order valence-electron chi connectivity index (χ0n) is 19.4. The number of halogens is 3. The van der Waals surface area contributed by atoms with Crippen LogP contribution in [-0.2, 0) is 13.0 Å². The number of hydrogen-bond acceptors (Lipinski definition) is 3. The third-order valence-electron chi connectivity index (χ3n) is 6.90. The number of carbonyl (C=O) groups is 1. The van der Waals surface area contributed by atoms with E-state index >= 15 is 0 Å². The van der Waals surface area contributed by atoms with Gasteiger partial charge in [-0.1, -0.05) is 30.3 Å². The highest BCUT2D eigenvalue weighted by Gasteiger charge is 2.33. The molecule has 180 valence electrons. The van der Waals surface area contributed by atoms with E-state index in [0.717, 1.165) is 18.9 Å². The number of likely N-dealkylation sites (tertiary alicyclic amines) is 1. The Morgan fingerprint density at radius 1 is 1.03 bits per heavy atom. The van der Waals surface area contributed by atoms with Crippen molar-refractivity contribution in [2.45, 2.75) is 38.8 Å². The van der Waals surface area contributed by atoms with E-state index in [-0.39, 0.29) is 23.7 Å². The first-order chi connectivity index (χ1) is 16.3. The van der Waals surface area contributed by atoms with Gasteiger partial charge < -0.3 is 9.32 Å². The normalized spacial score (nSPS) is 15.9. The zero-order chi connectivity index (χ0) is 24.2. The fourth-order valence-corrected chi connectivity index (χ4v) is 4.86. The fourth-order valence-electron chi connectivity index (χ4n) is 4.86. The summed E-state index contributed by atoms with van der Waals surface area (Å²) < 4.78 is 47.5. The molecule has 0 spiro atoms. The van der Waals surface area contributed by atoms with Gasteiger partial charge >= 0.3 is 0 Å². The van der Waals surface area contributed by atoms with E-state index in [1.54, 1.807) is 49.2 Å². The molecule has 4 rings (SSSR count). The van der Waals surface area contributed by atoms with Crippen LogP contribution in [0.25, 0.3) is 0 Å². The van der Waals surface area contributed by atoms with Gasteiger partial charge in [-0.2, -0.15) is 0 Å². The maximum atomic E-state index is 14.5. The van der Waals surface area contributed by atoms with Crippen molar-refractivity contribution in [3.8, 4) is 0 Å². The number of aryl methyl sites for hydroxylation is 1. The second kappa shape index (κ2) is 10.5. The van der Waals surface area contributed by atoms with Crippen LogP contribution in [-0.4, -0.2) is 41.9 Å². The monoisotopic (exact) mass is 470 g/mol. The Hall–Kier alpha value is -3.06. The molecule has 1 amide bonds. The minimum atomic E-state index is -0.841. The number of piperidine rings is 1. The molecule has 1 saturated heterocycles. The summed E-state index contributed by atoms with van der Waals surface area (Å²) in [6.45, 7) is 3.44. The van der Waals surface area contributed by atoms with Gasteiger partial charge in [0.1, 0.15) is 11.6 Å². The number of nitrogens with zero attached hydrogens (tertiary/aromatic N) is 2. The summed E-state index contributed by atoms with van der Waals surface area (Å²) in [7, 11) is 1.76. The predicted molar refractivity (Wildman–Crippen MR) is 124 cm³/mol. The molecule has 1 aromatic heterocycles. The van der Waals surface area contributed by atoms with Crippen LogP contribution in [0.15, 0.2) is 59.2 Å². The van der Waals surface area contributed by atoms with Gasteiger partial charge in [0.15, 0.2) is 11.6 Å². The van der Waals surface area contributed by atoms with Crippen LogP contribution in [0.5, 0.6) is 0 Å². The smallest absolute Gasteiger partial charge is 0.257 e. The van der Waals surface area contributed by atoms with Gasteiger partial charge in [0.05, 0.1) is 11.8 Å². The third-order valence-corrected chi connectivity index (χ3v) is 6.90. The van der Waals surface area contributed by atoms with Crippen molar-refractivity contribution in [3.05, 3.63) is 94.7 Å². The average molecular weight is 471 g/mol. The van der Waals surface area contributed by atoms with E-state index in [9.17, 15) is 18.0 Å². The molecule has 4 nitrogen and oxygen atoms in total. The minimum absolute atomic E-state index is 0.134. The van der Waals surface area contributed by atoms with Gasteiger partial charge in [-0.25, -0.2) is 13.2 Å². The summed E-state index contributed by atoms with van der Waals surface area (Å²) in [5, 5.41) is 0. The highest BCUT2D eigenvalue weighted by atomic mass is 19.2. The van der Waals surface area contributed by atoms with E-state index in [1.807, 2.05) is 0 Å². The van der Waals surface area contributed by atoms with Gasteiger partial charge in [0, 0.05) is 25.2 Å². The summed E-state index contributed by atoms with van der Waals surface area (Å²) in [5.74, 6) is -1.40. The predicted octanol–water partition coefficient (Wildman–Crippen LogP) is 5.60. The molecular formula is C27H29F3N2O2. The molecule has 34 heavy (non-hydrogen) atoms. The standard InChI is InChI=1S/C27H29F3N2O2/c1-18-22(12-15-34-18)27(33)31(2)25(16-20-6-3-4-8-23(20)28)19-10-13-32(14-11-19)17-21-7-5-9-24(29)26(21)30/h3-9,12,15,19,25H,10-11,13-14,16-17H2,1-2H3. The van der Waals surface area contributed by atoms with Crippen LogP contribution >= 0.6 is 0 Å². The molecule has 2 heterocycles.